The molecule has 23 heavy (non-hydrogen) atoms. The number of H-pyrrole nitrogens is 1. The first-order valence-electron chi connectivity index (χ1n) is 7.67. The number of hydrogen-bond donors (Lipinski definition) is 2. The van der Waals surface area contributed by atoms with Crippen LogP contribution >= 0.6 is 0 Å². The summed E-state index contributed by atoms with van der Waals surface area (Å²) in [6.07, 6.45) is 0. The lowest BCUT2D eigenvalue weighted by atomic mass is 10.1. The van der Waals surface area contributed by atoms with E-state index in [1.807, 2.05) is 57.8 Å². The molecule has 0 spiro atoms. The Kier molecular flexibility index (Phi) is 4.85. The van der Waals surface area contributed by atoms with Gasteiger partial charge in [-0.2, -0.15) is 0 Å². The van der Waals surface area contributed by atoms with Crippen LogP contribution in [-0.2, 0) is 11.3 Å². The number of aromatic amines is 1. The summed E-state index contributed by atoms with van der Waals surface area (Å²) in [5, 5.41) is 3.52. The van der Waals surface area contributed by atoms with Gasteiger partial charge in [-0.1, -0.05) is 12.1 Å². The highest BCUT2D eigenvalue weighted by molar-refractivity contribution is 5.82. The fraction of sp³-hybridized carbons (Fsp3) is 0.471. The van der Waals surface area contributed by atoms with Crippen molar-refractivity contribution in [3.8, 4) is 0 Å². The van der Waals surface area contributed by atoms with Crippen LogP contribution in [0.1, 0.15) is 33.5 Å². The molecule has 2 N–H and O–H groups in total. The summed E-state index contributed by atoms with van der Waals surface area (Å²) in [7, 11) is 1.84. The largest absolute Gasteiger partial charge is 0.350 e. The highest BCUT2D eigenvalue weighted by atomic mass is 16.2. The van der Waals surface area contributed by atoms with Crippen molar-refractivity contribution in [1.82, 2.24) is 20.2 Å². The minimum absolute atomic E-state index is 0.0527. The standard InChI is InChI=1S/C17H24N4O2/c1-11(15(22)20-17(2,3)4)21(5)10-14-18-13-9-7-6-8-12(13)16(23)19-14/h6-9,11H,10H2,1-5H3,(H,20,22)(H,18,19,23). The zero-order valence-corrected chi connectivity index (χ0v) is 14.3. The highest BCUT2D eigenvalue weighted by Gasteiger charge is 2.23. The van der Waals surface area contributed by atoms with E-state index in [4.69, 9.17) is 0 Å². The Bertz CT molecular complexity index is 761. The smallest absolute Gasteiger partial charge is 0.258 e. The number of aromatic nitrogens is 2. The lowest BCUT2D eigenvalue weighted by Crippen LogP contribution is -2.49. The van der Waals surface area contributed by atoms with Crippen LogP contribution in [0.15, 0.2) is 29.1 Å². The molecule has 1 atom stereocenters. The fourth-order valence-electron chi connectivity index (χ4n) is 2.26. The molecule has 1 aromatic heterocycles. The second-order valence-corrected chi connectivity index (χ2v) is 6.86. The van der Waals surface area contributed by atoms with Crippen LogP contribution in [0.5, 0.6) is 0 Å². The molecule has 6 heteroatoms. The number of benzene rings is 1. The lowest BCUT2D eigenvalue weighted by molar-refractivity contribution is -0.127. The molecular weight excluding hydrogens is 292 g/mol. The average Bonchev–Trinajstić information content (AvgIpc) is 2.44. The highest BCUT2D eigenvalue weighted by Crippen LogP contribution is 2.09. The van der Waals surface area contributed by atoms with Gasteiger partial charge in [0, 0.05) is 5.54 Å². The van der Waals surface area contributed by atoms with Crippen molar-refractivity contribution < 1.29 is 4.79 Å². The zero-order chi connectivity index (χ0) is 17.2. The van der Waals surface area contributed by atoms with Crippen LogP contribution in [0.2, 0.25) is 0 Å². The van der Waals surface area contributed by atoms with E-state index in [1.165, 1.54) is 0 Å². The minimum atomic E-state index is -0.328. The topological polar surface area (TPSA) is 78.1 Å². The summed E-state index contributed by atoms with van der Waals surface area (Å²) in [4.78, 5) is 33.4. The number of nitrogens with zero attached hydrogens (tertiary/aromatic N) is 2. The Balaban J connectivity index is 2.15. The normalized spacial score (nSPS) is 13.3. The van der Waals surface area contributed by atoms with Crippen LogP contribution < -0.4 is 10.9 Å². The van der Waals surface area contributed by atoms with Crippen molar-refractivity contribution in [3.63, 3.8) is 0 Å². The number of fused-ring (bicyclic) bond motifs is 1. The van der Waals surface area contributed by atoms with Crippen molar-refractivity contribution in [2.45, 2.75) is 45.8 Å². The molecule has 1 aromatic carbocycles. The maximum atomic E-state index is 12.2. The summed E-state index contributed by atoms with van der Waals surface area (Å²) >= 11 is 0. The molecule has 2 rings (SSSR count). The van der Waals surface area contributed by atoms with E-state index in [0.29, 0.717) is 23.3 Å². The molecule has 0 aliphatic carbocycles. The predicted octanol–water partition coefficient (Wildman–Crippen LogP) is 1.66. The van der Waals surface area contributed by atoms with Gasteiger partial charge in [-0.05, 0) is 46.9 Å². The van der Waals surface area contributed by atoms with E-state index >= 15 is 0 Å². The van der Waals surface area contributed by atoms with Crippen molar-refractivity contribution in [3.05, 3.63) is 40.4 Å². The molecular formula is C17H24N4O2. The van der Waals surface area contributed by atoms with Crippen LogP contribution in [0.3, 0.4) is 0 Å². The molecule has 1 amide bonds. The average molecular weight is 316 g/mol. The molecule has 0 fully saturated rings. The Labute approximate surface area is 135 Å². The van der Waals surface area contributed by atoms with Crippen molar-refractivity contribution in [1.29, 1.82) is 0 Å². The van der Waals surface area contributed by atoms with Crippen LogP contribution in [-0.4, -0.2) is 39.4 Å². The second kappa shape index (κ2) is 6.50. The van der Waals surface area contributed by atoms with E-state index in [-0.39, 0.29) is 23.0 Å². The molecule has 0 saturated carbocycles. The number of rotatable bonds is 4. The van der Waals surface area contributed by atoms with Gasteiger partial charge in [0.1, 0.15) is 5.82 Å². The molecule has 1 heterocycles. The van der Waals surface area contributed by atoms with E-state index in [2.05, 4.69) is 15.3 Å². The number of amides is 1. The van der Waals surface area contributed by atoms with Crippen LogP contribution in [0, 0.1) is 0 Å². The molecule has 124 valence electrons. The molecule has 2 aromatic rings. The van der Waals surface area contributed by atoms with E-state index in [1.54, 1.807) is 6.07 Å². The predicted molar refractivity (Wildman–Crippen MR) is 91.2 cm³/mol. The Morgan fingerprint density at radius 3 is 2.65 bits per heavy atom. The Morgan fingerprint density at radius 2 is 2.00 bits per heavy atom. The number of para-hydroxylation sites is 1. The zero-order valence-electron chi connectivity index (χ0n) is 14.3. The number of carbonyl (C=O) groups excluding carboxylic acids is 1. The molecule has 0 aliphatic heterocycles. The monoisotopic (exact) mass is 316 g/mol. The van der Waals surface area contributed by atoms with Gasteiger partial charge in [0.15, 0.2) is 0 Å². The van der Waals surface area contributed by atoms with Gasteiger partial charge in [0.05, 0.1) is 23.5 Å². The quantitative estimate of drug-likeness (QED) is 0.899. The first kappa shape index (κ1) is 17.1. The van der Waals surface area contributed by atoms with Crippen LogP contribution in [0.4, 0.5) is 0 Å². The van der Waals surface area contributed by atoms with Gasteiger partial charge in [0.25, 0.3) is 5.56 Å². The van der Waals surface area contributed by atoms with Gasteiger partial charge in [-0.15, -0.1) is 0 Å². The fourth-order valence-corrected chi connectivity index (χ4v) is 2.26. The molecule has 1 unspecified atom stereocenters. The lowest BCUT2D eigenvalue weighted by Gasteiger charge is -2.28. The van der Waals surface area contributed by atoms with E-state index < -0.39 is 0 Å². The molecule has 0 bridgehead atoms. The van der Waals surface area contributed by atoms with Crippen LogP contribution in [0.25, 0.3) is 10.9 Å². The number of nitrogens with one attached hydrogen (secondary N) is 2. The molecule has 0 radical (unpaired) electrons. The number of carbonyl (C=O) groups is 1. The Hall–Kier alpha value is -2.21. The number of hydrogen-bond acceptors (Lipinski definition) is 4. The van der Waals surface area contributed by atoms with Gasteiger partial charge < -0.3 is 10.3 Å². The summed E-state index contributed by atoms with van der Waals surface area (Å²) in [6, 6.07) is 6.88. The second-order valence-electron chi connectivity index (χ2n) is 6.86. The van der Waals surface area contributed by atoms with E-state index in [0.717, 1.165) is 0 Å². The summed E-state index contributed by atoms with van der Waals surface area (Å²) < 4.78 is 0. The van der Waals surface area contributed by atoms with Gasteiger partial charge in [-0.25, -0.2) is 4.98 Å². The third-order valence-electron chi connectivity index (χ3n) is 3.60. The van der Waals surface area contributed by atoms with Gasteiger partial charge >= 0.3 is 0 Å². The SMILES string of the molecule is CC(C(=O)NC(C)(C)C)N(C)Cc1nc2ccccc2c(=O)[nH]1. The van der Waals surface area contributed by atoms with Crippen molar-refractivity contribution >= 4 is 16.8 Å². The third kappa shape index (κ3) is 4.39. The maximum Gasteiger partial charge on any atom is 0.258 e. The third-order valence-corrected chi connectivity index (χ3v) is 3.60. The summed E-state index contributed by atoms with van der Waals surface area (Å²) in [5.74, 6) is 0.495. The summed E-state index contributed by atoms with van der Waals surface area (Å²) in [6.45, 7) is 8.05. The van der Waals surface area contributed by atoms with Crippen molar-refractivity contribution in [2.75, 3.05) is 7.05 Å². The molecule has 0 saturated heterocycles. The number of likely N-dealkylation sites (N-methyl/N-ethyl adjacent to an activating group) is 1. The summed E-state index contributed by atoms with van der Waals surface area (Å²) in [5.41, 5.74) is 0.221. The van der Waals surface area contributed by atoms with Gasteiger partial charge in [0.2, 0.25) is 5.91 Å². The minimum Gasteiger partial charge on any atom is -0.350 e. The van der Waals surface area contributed by atoms with E-state index in [9.17, 15) is 9.59 Å². The maximum absolute atomic E-state index is 12.2. The Morgan fingerprint density at radius 1 is 1.35 bits per heavy atom. The first-order chi connectivity index (χ1) is 10.7. The molecule has 0 aliphatic rings. The van der Waals surface area contributed by atoms with Crippen molar-refractivity contribution in [2.24, 2.45) is 0 Å². The molecule has 6 nitrogen and oxygen atoms in total. The first-order valence-corrected chi connectivity index (χ1v) is 7.67. The van der Waals surface area contributed by atoms with Gasteiger partial charge in [-0.3, -0.25) is 14.5 Å².